The highest BCUT2D eigenvalue weighted by Gasteiger charge is 2.35. The van der Waals surface area contributed by atoms with Crippen molar-refractivity contribution in [1.82, 2.24) is 14.8 Å². The maximum atomic E-state index is 12.5. The monoisotopic (exact) mass is 355 g/mol. The molecule has 1 aliphatic heterocycles. The molecule has 0 radical (unpaired) electrons. The number of aromatic nitrogens is 1. The maximum Gasteiger partial charge on any atom is 0.224 e. The van der Waals surface area contributed by atoms with Crippen LogP contribution in [0.4, 0.5) is 0 Å². The smallest absolute Gasteiger partial charge is 0.224 e. The number of rotatable bonds is 7. The lowest BCUT2D eigenvalue weighted by Gasteiger charge is -2.20. The molecule has 0 saturated carbocycles. The lowest BCUT2D eigenvalue weighted by Crippen LogP contribution is -2.33. The molecule has 1 aromatic carbocycles. The van der Waals surface area contributed by atoms with Crippen LogP contribution in [0.25, 0.3) is 0 Å². The molecule has 1 fully saturated rings. The molecule has 2 aromatic rings. The molecule has 1 amide bonds. The van der Waals surface area contributed by atoms with Gasteiger partial charge in [-0.05, 0) is 30.8 Å². The Kier molecular flexibility index (Phi) is 6.20. The molecule has 2 atom stereocenters. The number of aliphatic hydroxyl groups excluding tert-OH is 1. The van der Waals surface area contributed by atoms with Crippen molar-refractivity contribution >= 4 is 5.91 Å². The van der Waals surface area contributed by atoms with E-state index >= 15 is 0 Å². The summed E-state index contributed by atoms with van der Waals surface area (Å²) >= 11 is 0. The minimum absolute atomic E-state index is 0.0428. The molecule has 0 aliphatic carbocycles. The van der Waals surface area contributed by atoms with E-state index in [0.717, 1.165) is 12.1 Å². The van der Waals surface area contributed by atoms with Crippen LogP contribution in [0, 0.1) is 0 Å². The van der Waals surface area contributed by atoms with Gasteiger partial charge in [-0.15, -0.1) is 0 Å². The van der Waals surface area contributed by atoms with Gasteiger partial charge in [-0.1, -0.05) is 24.3 Å². The molecule has 0 spiro atoms. The lowest BCUT2D eigenvalue weighted by molar-refractivity contribution is -0.131. The largest absolute Gasteiger partial charge is 0.486 e. The number of hydrogen-bond donors (Lipinski definition) is 1. The van der Waals surface area contributed by atoms with Crippen LogP contribution in [-0.4, -0.2) is 64.7 Å². The summed E-state index contributed by atoms with van der Waals surface area (Å²) < 4.78 is 5.81. The van der Waals surface area contributed by atoms with Gasteiger partial charge in [0.05, 0.1) is 13.1 Å². The Hall–Kier alpha value is -2.44. The van der Waals surface area contributed by atoms with Gasteiger partial charge in [-0.2, -0.15) is 0 Å². The Morgan fingerprint density at radius 2 is 2.08 bits per heavy atom. The van der Waals surface area contributed by atoms with Crippen molar-refractivity contribution in [3.8, 4) is 5.75 Å². The highest BCUT2D eigenvalue weighted by molar-refractivity contribution is 5.76. The number of para-hydroxylation sites is 1. The third-order valence-electron chi connectivity index (χ3n) is 4.50. The molecule has 6 nitrogen and oxygen atoms in total. The van der Waals surface area contributed by atoms with E-state index in [-0.39, 0.29) is 12.0 Å². The van der Waals surface area contributed by atoms with Crippen LogP contribution in [-0.2, 0) is 11.3 Å². The van der Waals surface area contributed by atoms with Gasteiger partial charge in [0.2, 0.25) is 5.91 Å². The normalized spacial score (nSPS) is 19.7. The number of carbonyl (C=O) groups is 1. The summed E-state index contributed by atoms with van der Waals surface area (Å²) in [4.78, 5) is 20.4. The summed E-state index contributed by atoms with van der Waals surface area (Å²) in [5, 5.41) is 10.2. The third kappa shape index (κ3) is 5.03. The van der Waals surface area contributed by atoms with Gasteiger partial charge in [0.25, 0.3) is 0 Å². The fourth-order valence-electron chi connectivity index (χ4n) is 3.08. The Morgan fingerprint density at radius 1 is 1.27 bits per heavy atom. The first-order valence-electron chi connectivity index (χ1n) is 8.87. The molecule has 1 aliphatic rings. The molecule has 138 valence electrons. The summed E-state index contributed by atoms with van der Waals surface area (Å²) in [6.07, 6.45) is 2.96. The molecule has 1 aromatic heterocycles. The van der Waals surface area contributed by atoms with Crippen LogP contribution >= 0.6 is 0 Å². The Balaban J connectivity index is 1.45. The SMILES string of the molecule is CN(CCC(=O)N1C[C@@H](O)[C@H](Oc2ccccc2)C1)Cc1cccnc1. The molecule has 2 heterocycles. The highest BCUT2D eigenvalue weighted by atomic mass is 16.5. The second-order valence-corrected chi connectivity index (χ2v) is 6.68. The molecule has 1 N–H and O–H groups in total. The predicted molar refractivity (Wildman–Crippen MR) is 98.6 cm³/mol. The zero-order chi connectivity index (χ0) is 18.4. The summed E-state index contributed by atoms with van der Waals surface area (Å²) in [6.45, 7) is 2.15. The van der Waals surface area contributed by atoms with E-state index in [9.17, 15) is 9.90 Å². The molecule has 3 rings (SSSR count). The molecular weight excluding hydrogens is 330 g/mol. The summed E-state index contributed by atoms with van der Waals surface area (Å²) in [7, 11) is 1.99. The van der Waals surface area contributed by atoms with E-state index in [0.29, 0.717) is 31.8 Å². The molecule has 26 heavy (non-hydrogen) atoms. The third-order valence-corrected chi connectivity index (χ3v) is 4.50. The van der Waals surface area contributed by atoms with Crippen LogP contribution in [0.3, 0.4) is 0 Å². The number of pyridine rings is 1. The van der Waals surface area contributed by atoms with Crippen LogP contribution in [0.2, 0.25) is 0 Å². The van der Waals surface area contributed by atoms with Crippen molar-refractivity contribution in [2.24, 2.45) is 0 Å². The number of nitrogens with zero attached hydrogens (tertiary/aromatic N) is 3. The number of benzene rings is 1. The van der Waals surface area contributed by atoms with Crippen LogP contribution < -0.4 is 4.74 Å². The first-order chi connectivity index (χ1) is 12.6. The standard InChI is InChI=1S/C20H25N3O3/c1-22(13-16-6-5-10-21-12-16)11-9-20(25)23-14-18(24)19(15-23)26-17-7-3-2-4-8-17/h2-8,10,12,18-19,24H,9,11,13-15H2,1H3/t18-,19-/m1/s1. The summed E-state index contributed by atoms with van der Waals surface area (Å²) in [6, 6.07) is 13.3. The fraction of sp³-hybridized carbons (Fsp3) is 0.400. The number of ether oxygens (including phenoxy) is 1. The van der Waals surface area contributed by atoms with E-state index in [4.69, 9.17) is 4.74 Å². The van der Waals surface area contributed by atoms with Crippen molar-refractivity contribution < 1.29 is 14.6 Å². The molecular formula is C20H25N3O3. The number of hydrogen-bond acceptors (Lipinski definition) is 5. The minimum Gasteiger partial charge on any atom is -0.486 e. The van der Waals surface area contributed by atoms with Gasteiger partial charge >= 0.3 is 0 Å². The van der Waals surface area contributed by atoms with E-state index < -0.39 is 6.10 Å². The predicted octanol–water partition coefficient (Wildman–Crippen LogP) is 1.55. The van der Waals surface area contributed by atoms with Gasteiger partial charge in [0.1, 0.15) is 18.0 Å². The average Bonchev–Trinajstić information content (AvgIpc) is 3.02. The van der Waals surface area contributed by atoms with Gasteiger partial charge in [0, 0.05) is 31.9 Å². The van der Waals surface area contributed by atoms with Gasteiger partial charge in [0.15, 0.2) is 0 Å². The topological polar surface area (TPSA) is 65.9 Å². The van der Waals surface area contributed by atoms with Crippen LogP contribution in [0.5, 0.6) is 5.75 Å². The Morgan fingerprint density at radius 3 is 2.81 bits per heavy atom. The van der Waals surface area contributed by atoms with Crippen molar-refractivity contribution in [3.63, 3.8) is 0 Å². The second kappa shape index (κ2) is 8.78. The number of amides is 1. The number of likely N-dealkylation sites (tertiary alicyclic amines) is 1. The Bertz CT molecular complexity index is 696. The first kappa shape index (κ1) is 18.4. The van der Waals surface area contributed by atoms with Crippen LogP contribution in [0.15, 0.2) is 54.9 Å². The van der Waals surface area contributed by atoms with E-state index in [2.05, 4.69) is 9.88 Å². The van der Waals surface area contributed by atoms with Crippen molar-refractivity contribution in [2.45, 2.75) is 25.2 Å². The van der Waals surface area contributed by atoms with E-state index in [1.54, 1.807) is 11.1 Å². The molecule has 1 saturated heterocycles. The van der Waals surface area contributed by atoms with Crippen LogP contribution in [0.1, 0.15) is 12.0 Å². The fourth-order valence-corrected chi connectivity index (χ4v) is 3.08. The number of carbonyl (C=O) groups excluding carboxylic acids is 1. The van der Waals surface area contributed by atoms with E-state index in [1.165, 1.54) is 0 Å². The molecule has 6 heteroatoms. The first-order valence-corrected chi connectivity index (χ1v) is 8.87. The van der Waals surface area contributed by atoms with E-state index in [1.807, 2.05) is 55.7 Å². The zero-order valence-corrected chi connectivity index (χ0v) is 15.0. The van der Waals surface area contributed by atoms with Gasteiger partial charge in [-0.25, -0.2) is 0 Å². The number of aliphatic hydroxyl groups is 1. The molecule has 0 unspecified atom stereocenters. The Labute approximate surface area is 154 Å². The van der Waals surface area contributed by atoms with Crippen molar-refractivity contribution in [1.29, 1.82) is 0 Å². The molecule has 0 bridgehead atoms. The zero-order valence-electron chi connectivity index (χ0n) is 15.0. The minimum atomic E-state index is -0.660. The summed E-state index contributed by atoms with van der Waals surface area (Å²) in [5.41, 5.74) is 1.12. The van der Waals surface area contributed by atoms with Crippen molar-refractivity contribution in [3.05, 3.63) is 60.4 Å². The quantitative estimate of drug-likeness (QED) is 0.816. The van der Waals surface area contributed by atoms with Crippen molar-refractivity contribution in [2.75, 3.05) is 26.7 Å². The number of β-amino-alcohol motifs (C(OH)–C–C–N with tert-alkyl or cyclic N) is 1. The lowest BCUT2D eigenvalue weighted by atomic mass is 10.2. The average molecular weight is 355 g/mol. The summed E-state index contributed by atoms with van der Waals surface area (Å²) in [5.74, 6) is 0.753. The highest BCUT2D eigenvalue weighted by Crippen LogP contribution is 2.19. The second-order valence-electron chi connectivity index (χ2n) is 6.68. The van der Waals surface area contributed by atoms with Gasteiger partial charge in [-0.3, -0.25) is 9.78 Å². The maximum absolute atomic E-state index is 12.5. The van der Waals surface area contributed by atoms with Gasteiger partial charge < -0.3 is 19.6 Å².